The van der Waals surface area contributed by atoms with Crippen molar-refractivity contribution in [2.45, 2.75) is 11.0 Å². The van der Waals surface area contributed by atoms with E-state index in [-0.39, 0.29) is 0 Å². The van der Waals surface area contributed by atoms with E-state index in [4.69, 9.17) is 20.4 Å². The zero-order chi connectivity index (χ0) is 16.4. The predicted octanol–water partition coefficient (Wildman–Crippen LogP) is 5.40. The van der Waals surface area contributed by atoms with E-state index in [1.807, 2.05) is 29.6 Å². The Balaban J connectivity index is 1.42. The molecule has 0 fully saturated rings. The van der Waals surface area contributed by atoms with Crippen molar-refractivity contribution >= 4 is 34.7 Å². The molecule has 3 aromatic heterocycles. The molecule has 0 unspecified atom stereocenters. The highest BCUT2D eigenvalue weighted by Gasteiger charge is 2.12. The quantitative estimate of drug-likeness (QED) is 0.435. The molecule has 1 aromatic carbocycles. The molecular formula is C16H10ClN3O2S2. The van der Waals surface area contributed by atoms with Crippen molar-refractivity contribution in [2.24, 2.45) is 0 Å². The van der Waals surface area contributed by atoms with E-state index in [0.717, 1.165) is 16.1 Å². The van der Waals surface area contributed by atoms with Gasteiger partial charge < -0.3 is 8.83 Å². The number of halogens is 1. The fourth-order valence-corrected chi connectivity index (χ4v) is 3.42. The first-order valence-electron chi connectivity index (χ1n) is 6.98. The number of aromatic nitrogens is 3. The van der Waals surface area contributed by atoms with E-state index in [2.05, 4.69) is 15.2 Å². The van der Waals surface area contributed by atoms with Gasteiger partial charge in [-0.05, 0) is 35.7 Å². The topological polar surface area (TPSA) is 65.0 Å². The number of benzene rings is 1. The Bertz CT molecular complexity index is 933. The summed E-state index contributed by atoms with van der Waals surface area (Å²) in [5.41, 5.74) is 1.66. The van der Waals surface area contributed by atoms with Gasteiger partial charge >= 0.3 is 0 Å². The highest BCUT2D eigenvalue weighted by atomic mass is 35.5. The number of thiophene rings is 1. The van der Waals surface area contributed by atoms with Crippen molar-refractivity contribution in [3.63, 3.8) is 0 Å². The Morgan fingerprint density at radius 3 is 2.75 bits per heavy atom. The van der Waals surface area contributed by atoms with Gasteiger partial charge in [0.1, 0.15) is 6.26 Å². The summed E-state index contributed by atoms with van der Waals surface area (Å²) in [6.45, 7) is 0. The van der Waals surface area contributed by atoms with Gasteiger partial charge in [0.15, 0.2) is 0 Å². The van der Waals surface area contributed by atoms with Crippen molar-refractivity contribution in [1.29, 1.82) is 0 Å². The van der Waals surface area contributed by atoms with E-state index in [1.54, 1.807) is 29.7 Å². The van der Waals surface area contributed by atoms with Gasteiger partial charge in [-0.1, -0.05) is 29.4 Å². The van der Waals surface area contributed by atoms with Crippen LogP contribution in [-0.2, 0) is 5.75 Å². The molecule has 3 heterocycles. The van der Waals surface area contributed by atoms with Gasteiger partial charge in [-0.2, -0.15) is 0 Å². The maximum atomic E-state index is 5.87. The largest absolute Gasteiger partial charge is 0.444 e. The molecule has 0 radical (unpaired) electrons. The normalized spacial score (nSPS) is 11.0. The highest BCUT2D eigenvalue weighted by Crippen LogP contribution is 2.28. The molecule has 0 aliphatic rings. The molecular weight excluding hydrogens is 366 g/mol. The number of hydrogen-bond donors (Lipinski definition) is 0. The van der Waals surface area contributed by atoms with Crippen LogP contribution in [0.5, 0.6) is 0 Å². The summed E-state index contributed by atoms with van der Waals surface area (Å²) in [6, 6.07) is 11.2. The van der Waals surface area contributed by atoms with E-state index < -0.39 is 0 Å². The molecule has 0 N–H and O–H groups in total. The third kappa shape index (κ3) is 3.38. The molecule has 4 rings (SSSR count). The molecule has 5 nitrogen and oxygen atoms in total. The first-order valence-corrected chi connectivity index (χ1v) is 9.23. The maximum absolute atomic E-state index is 5.87. The monoisotopic (exact) mass is 375 g/mol. The zero-order valence-corrected chi connectivity index (χ0v) is 14.6. The van der Waals surface area contributed by atoms with Crippen LogP contribution in [0.2, 0.25) is 5.02 Å². The van der Waals surface area contributed by atoms with Crippen LogP contribution in [-0.4, -0.2) is 15.2 Å². The molecule has 4 aromatic rings. The van der Waals surface area contributed by atoms with Crippen molar-refractivity contribution in [3.05, 3.63) is 58.8 Å². The Labute approximate surface area is 150 Å². The molecule has 0 bridgehead atoms. The van der Waals surface area contributed by atoms with E-state index in [9.17, 15) is 0 Å². The van der Waals surface area contributed by atoms with Crippen LogP contribution in [0.15, 0.2) is 62.1 Å². The molecule has 0 spiro atoms. The summed E-state index contributed by atoms with van der Waals surface area (Å²) in [5.74, 6) is 1.69. The Morgan fingerprint density at radius 1 is 1.08 bits per heavy atom. The SMILES string of the molecule is Clc1ccc(-c2nnc(SCc3coc(-c4cccs4)n3)o2)cc1. The smallest absolute Gasteiger partial charge is 0.277 e. The second-order valence-electron chi connectivity index (χ2n) is 4.79. The summed E-state index contributed by atoms with van der Waals surface area (Å²) in [6.07, 6.45) is 1.65. The molecule has 24 heavy (non-hydrogen) atoms. The molecule has 0 saturated carbocycles. The summed E-state index contributed by atoms with van der Waals surface area (Å²) in [4.78, 5) is 5.47. The van der Waals surface area contributed by atoms with Crippen LogP contribution in [0.3, 0.4) is 0 Å². The van der Waals surface area contributed by atoms with Crippen molar-refractivity contribution in [1.82, 2.24) is 15.2 Å². The second-order valence-corrected chi connectivity index (χ2v) is 7.10. The standard InChI is InChI=1S/C16H10ClN3O2S2/c17-11-5-3-10(4-6-11)14-19-20-16(22-14)24-9-12-8-21-15(18-12)13-2-1-7-23-13/h1-8H,9H2. The molecule has 0 saturated heterocycles. The number of hydrogen-bond acceptors (Lipinski definition) is 7. The molecule has 0 aliphatic heterocycles. The van der Waals surface area contributed by atoms with Crippen LogP contribution in [0.4, 0.5) is 0 Å². The summed E-state index contributed by atoms with van der Waals surface area (Å²) >= 11 is 8.88. The van der Waals surface area contributed by atoms with Crippen LogP contribution in [0, 0.1) is 0 Å². The lowest BCUT2D eigenvalue weighted by molar-refractivity contribution is 0.466. The van der Waals surface area contributed by atoms with Crippen molar-refractivity contribution < 1.29 is 8.83 Å². The van der Waals surface area contributed by atoms with Gasteiger partial charge in [-0.15, -0.1) is 21.5 Å². The molecule has 0 aliphatic carbocycles. The fourth-order valence-electron chi connectivity index (χ4n) is 2.00. The van der Waals surface area contributed by atoms with Crippen molar-refractivity contribution in [2.75, 3.05) is 0 Å². The number of nitrogens with zero attached hydrogens (tertiary/aromatic N) is 3. The summed E-state index contributed by atoms with van der Waals surface area (Å²) < 4.78 is 11.1. The third-order valence-electron chi connectivity index (χ3n) is 3.12. The summed E-state index contributed by atoms with van der Waals surface area (Å²) in [5, 5.41) is 11.2. The van der Waals surface area contributed by atoms with Crippen molar-refractivity contribution in [3.8, 4) is 22.2 Å². The van der Waals surface area contributed by atoms with E-state index in [0.29, 0.717) is 27.8 Å². The van der Waals surface area contributed by atoms with Gasteiger partial charge in [0.25, 0.3) is 5.22 Å². The van der Waals surface area contributed by atoms with Crippen LogP contribution >= 0.6 is 34.7 Å². The number of thioether (sulfide) groups is 1. The van der Waals surface area contributed by atoms with Crippen LogP contribution in [0.1, 0.15) is 5.69 Å². The van der Waals surface area contributed by atoms with Gasteiger partial charge in [-0.25, -0.2) is 4.98 Å². The highest BCUT2D eigenvalue weighted by molar-refractivity contribution is 7.98. The molecule has 0 atom stereocenters. The van der Waals surface area contributed by atoms with Crippen LogP contribution in [0.25, 0.3) is 22.2 Å². The number of rotatable bonds is 5. The Hall–Kier alpha value is -2.09. The van der Waals surface area contributed by atoms with Gasteiger partial charge in [0, 0.05) is 16.3 Å². The van der Waals surface area contributed by atoms with E-state index in [1.165, 1.54) is 11.8 Å². The predicted molar refractivity (Wildman–Crippen MR) is 94.1 cm³/mol. The Kier molecular flexibility index (Phi) is 4.38. The maximum Gasteiger partial charge on any atom is 0.277 e. The lowest BCUT2D eigenvalue weighted by Crippen LogP contribution is -1.81. The first kappa shape index (κ1) is 15.4. The third-order valence-corrected chi connectivity index (χ3v) is 5.09. The van der Waals surface area contributed by atoms with Gasteiger partial charge in [0.2, 0.25) is 11.8 Å². The molecule has 120 valence electrons. The first-order chi connectivity index (χ1) is 11.8. The zero-order valence-electron chi connectivity index (χ0n) is 12.2. The van der Waals surface area contributed by atoms with Gasteiger partial charge in [-0.3, -0.25) is 0 Å². The molecule has 0 amide bonds. The molecule has 8 heteroatoms. The van der Waals surface area contributed by atoms with Gasteiger partial charge in [0.05, 0.1) is 10.6 Å². The van der Waals surface area contributed by atoms with E-state index >= 15 is 0 Å². The van der Waals surface area contributed by atoms with Crippen LogP contribution < -0.4 is 0 Å². The lowest BCUT2D eigenvalue weighted by atomic mass is 10.2. The minimum absolute atomic E-state index is 0.466. The number of oxazole rings is 1. The minimum Gasteiger partial charge on any atom is -0.444 e. The second kappa shape index (κ2) is 6.80. The average molecular weight is 376 g/mol. The lowest BCUT2D eigenvalue weighted by Gasteiger charge is -1.94. The average Bonchev–Trinajstić information content (AvgIpc) is 3.34. The Morgan fingerprint density at radius 2 is 1.96 bits per heavy atom. The fraction of sp³-hybridized carbons (Fsp3) is 0.0625. The minimum atomic E-state index is 0.466. The summed E-state index contributed by atoms with van der Waals surface area (Å²) in [7, 11) is 0.